The molecule has 0 aliphatic rings. The van der Waals surface area contributed by atoms with Crippen molar-refractivity contribution in [3.63, 3.8) is 0 Å². The lowest BCUT2D eigenvalue weighted by atomic mass is 9.98. The Hall–Kier alpha value is -3.56. The molecule has 1 aromatic heterocycles. The van der Waals surface area contributed by atoms with Crippen LogP contribution in [0.3, 0.4) is 0 Å². The average molecular weight is 462 g/mol. The van der Waals surface area contributed by atoms with E-state index in [1.54, 1.807) is 42.5 Å². The van der Waals surface area contributed by atoms with E-state index in [2.05, 4.69) is 9.97 Å². The highest BCUT2D eigenvalue weighted by Gasteiger charge is 2.33. The van der Waals surface area contributed by atoms with E-state index in [4.69, 9.17) is 22.1 Å². The number of aromatic nitrogens is 2. The molecule has 1 heterocycles. The van der Waals surface area contributed by atoms with E-state index in [0.717, 1.165) is 12.1 Å². The summed E-state index contributed by atoms with van der Waals surface area (Å²) in [7, 11) is 0. The summed E-state index contributed by atoms with van der Waals surface area (Å²) in [5.41, 5.74) is 6.40. The molecule has 1 amide bonds. The Bertz CT molecular complexity index is 1300. The van der Waals surface area contributed by atoms with Gasteiger partial charge in [-0.3, -0.25) is 0 Å². The molecule has 0 saturated carbocycles. The highest BCUT2D eigenvalue weighted by atomic mass is 35.5. The van der Waals surface area contributed by atoms with Crippen molar-refractivity contribution in [3.8, 4) is 17.1 Å². The molecule has 0 spiro atoms. The van der Waals surface area contributed by atoms with Crippen LogP contribution < -0.4 is 10.5 Å². The van der Waals surface area contributed by atoms with Gasteiger partial charge >= 0.3 is 12.3 Å². The molecular formula is C22H15ClF3N3O3. The fraction of sp³-hybridized carbons (Fsp3) is 0.0909. The Kier molecular flexibility index (Phi) is 5.53. The Morgan fingerprint density at radius 2 is 1.75 bits per heavy atom. The normalized spacial score (nSPS) is 12.7. The summed E-state index contributed by atoms with van der Waals surface area (Å²) < 4.78 is 44.1. The van der Waals surface area contributed by atoms with Crippen molar-refractivity contribution in [2.75, 3.05) is 0 Å². The maximum Gasteiger partial charge on any atom is 0.417 e. The van der Waals surface area contributed by atoms with Gasteiger partial charge in [0.1, 0.15) is 17.7 Å². The van der Waals surface area contributed by atoms with Crippen LogP contribution in [0.4, 0.5) is 18.0 Å². The zero-order valence-electron chi connectivity index (χ0n) is 16.2. The molecule has 0 aliphatic carbocycles. The lowest BCUT2D eigenvalue weighted by molar-refractivity contribution is -0.137. The second-order valence-electron chi connectivity index (χ2n) is 6.95. The second kappa shape index (κ2) is 8.18. The monoisotopic (exact) mass is 461 g/mol. The van der Waals surface area contributed by atoms with Crippen LogP contribution in [0.25, 0.3) is 22.4 Å². The number of aliphatic hydroxyl groups is 1. The van der Waals surface area contributed by atoms with Crippen LogP contribution in [-0.4, -0.2) is 21.2 Å². The quantitative estimate of drug-likeness (QED) is 0.376. The van der Waals surface area contributed by atoms with Crippen LogP contribution in [0.2, 0.25) is 5.02 Å². The maximum absolute atomic E-state index is 13.1. The topological polar surface area (TPSA) is 101 Å². The number of H-pyrrole nitrogens is 1. The van der Waals surface area contributed by atoms with Gasteiger partial charge < -0.3 is 20.6 Å². The number of carbonyl (C=O) groups excluding carboxylic acids is 1. The smallest absolute Gasteiger partial charge is 0.410 e. The van der Waals surface area contributed by atoms with E-state index in [-0.39, 0.29) is 11.3 Å². The van der Waals surface area contributed by atoms with Gasteiger partial charge in [0.05, 0.1) is 21.6 Å². The third-order valence-electron chi connectivity index (χ3n) is 4.78. The van der Waals surface area contributed by atoms with Crippen LogP contribution in [0.5, 0.6) is 5.75 Å². The van der Waals surface area contributed by atoms with Gasteiger partial charge in [-0.05, 0) is 35.4 Å². The van der Waals surface area contributed by atoms with Crippen LogP contribution >= 0.6 is 11.6 Å². The first-order valence-electron chi connectivity index (χ1n) is 9.24. The number of aliphatic hydroxyl groups excluding tert-OH is 1. The third kappa shape index (κ3) is 4.39. The largest absolute Gasteiger partial charge is 0.417 e. The summed E-state index contributed by atoms with van der Waals surface area (Å²) in [6, 6.07) is 14.6. The fourth-order valence-electron chi connectivity index (χ4n) is 3.25. The first kappa shape index (κ1) is 21.7. The molecule has 6 nitrogen and oxygen atoms in total. The van der Waals surface area contributed by atoms with Gasteiger partial charge in [-0.1, -0.05) is 41.9 Å². The predicted molar refractivity (Wildman–Crippen MR) is 112 cm³/mol. The first-order valence-corrected chi connectivity index (χ1v) is 9.62. The van der Waals surface area contributed by atoms with Gasteiger partial charge in [-0.15, -0.1) is 0 Å². The molecular weight excluding hydrogens is 447 g/mol. The number of amides is 1. The molecule has 0 fully saturated rings. The van der Waals surface area contributed by atoms with Crippen LogP contribution in [-0.2, 0) is 6.18 Å². The summed E-state index contributed by atoms with van der Waals surface area (Å²) in [5, 5.41) is 10.1. The Labute approximate surface area is 184 Å². The number of nitrogens with zero attached hydrogens (tertiary/aromatic N) is 1. The predicted octanol–water partition coefficient (Wildman–Crippen LogP) is 5.44. The number of benzene rings is 3. The number of aromatic amines is 1. The maximum atomic E-state index is 13.1. The molecule has 32 heavy (non-hydrogen) atoms. The molecule has 1 atom stereocenters. The molecule has 10 heteroatoms. The van der Waals surface area contributed by atoms with Gasteiger partial charge in [0.2, 0.25) is 0 Å². The Morgan fingerprint density at radius 1 is 1.06 bits per heavy atom. The number of fused-ring (bicyclic) bond motifs is 1. The SMILES string of the molecule is NC(=O)Oc1ccc2[nH]c(-c3ccc(C(O)c4ccc(Cl)c(C(F)(F)F)c4)cc3)nc2c1. The zero-order chi connectivity index (χ0) is 23.0. The van der Waals surface area contributed by atoms with Crippen LogP contribution in [0.15, 0.2) is 60.7 Å². The summed E-state index contributed by atoms with van der Waals surface area (Å²) in [6.07, 6.45) is -6.83. The fourth-order valence-corrected chi connectivity index (χ4v) is 3.47. The standard InChI is InChI=1S/C22H15ClF3N3O3/c23-16-7-5-13(9-15(16)22(24,25)26)19(30)11-1-3-12(4-2-11)20-28-17-8-6-14(32-21(27)31)10-18(17)29-20/h1-10,19,30H,(H2,27,31)(H,28,29). The average Bonchev–Trinajstić information content (AvgIpc) is 3.16. The number of halogens is 4. The number of hydrogen-bond donors (Lipinski definition) is 3. The van der Waals surface area contributed by atoms with Gasteiger partial charge in [0.25, 0.3) is 0 Å². The highest BCUT2D eigenvalue weighted by molar-refractivity contribution is 6.31. The van der Waals surface area contributed by atoms with Crippen LogP contribution in [0.1, 0.15) is 22.8 Å². The minimum atomic E-state index is -4.62. The van der Waals surface area contributed by atoms with E-state index in [1.807, 2.05) is 0 Å². The molecule has 164 valence electrons. The van der Waals surface area contributed by atoms with Crippen molar-refractivity contribution >= 4 is 28.7 Å². The van der Waals surface area contributed by atoms with Crippen molar-refractivity contribution in [3.05, 3.63) is 82.4 Å². The number of primary amides is 1. The molecule has 4 rings (SSSR count). The number of alkyl halides is 3. The molecule has 1 unspecified atom stereocenters. The Balaban J connectivity index is 1.60. The van der Waals surface area contributed by atoms with Crippen molar-refractivity contribution < 1.29 is 27.8 Å². The molecule has 0 aliphatic heterocycles. The lowest BCUT2D eigenvalue weighted by Gasteiger charge is -2.15. The van der Waals surface area contributed by atoms with Gasteiger partial charge in [0.15, 0.2) is 0 Å². The highest BCUT2D eigenvalue weighted by Crippen LogP contribution is 2.37. The van der Waals surface area contributed by atoms with E-state index < -0.39 is 29.0 Å². The summed E-state index contributed by atoms with van der Waals surface area (Å²) >= 11 is 5.65. The van der Waals surface area contributed by atoms with Crippen molar-refractivity contribution in [2.24, 2.45) is 5.73 Å². The molecule has 4 aromatic rings. The van der Waals surface area contributed by atoms with Crippen LogP contribution in [0, 0.1) is 0 Å². The van der Waals surface area contributed by atoms with E-state index >= 15 is 0 Å². The number of imidazole rings is 1. The molecule has 4 N–H and O–H groups in total. The van der Waals surface area contributed by atoms with E-state index in [0.29, 0.717) is 28.0 Å². The molecule has 0 radical (unpaired) electrons. The first-order chi connectivity index (χ1) is 15.1. The lowest BCUT2D eigenvalue weighted by Crippen LogP contribution is -2.16. The minimum absolute atomic E-state index is 0.0696. The van der Waals surface area contributed by atoms with Crippen molar-refractivity contribution in [1.82, 2.24) is 9.97 Å². The number of ether oxygens (including phenoxy) is 1. The van der Waals surface area contributed by atoms with Gasteiger partial charge in [-0.2, -0.15) is 13.2 Å². The third-order valence-corrected chi connectivity index (χ3v) is 5.11. The number of nitrogens with two attached hydrogens (primary N) is 1. The molecule has 3 aromatic carbocycles. The van der Waals surface area contributed by atoms with Crippen molar-refractivity contribution in [1.29, 1.82) is 0 Å². The minimum Gasteiger partial charge on any atom is -0.410 e. The number of nitrogens with one attached hydrogen (secondary N) is 1. The van der Waals surface area contributed by atoms with Gasteiger partial charge in [0, 0.05) is 11.6 Å². The number of rotatable bonds is 4. The second-order valence-corrected chi connectivity index (χ2v) is 7.35. The van der Waals surface area contributed by atoms with E-state index in [1.165, 1.54) is 6.07 Å². The van der Waals surface area contributed by atoms with Crippen molar-refractivity contribution in [2.45, 2.75) is 12.3 Å². The summed E-state index contributed by atoms with van der Waals surface area (Å²) in [4.78, 5) is 18.5. The Morgan fingerprint density at radius 3 is 2.41 bits per heavy atom. The molecule has 0 bridgehead atoms. The van der Waals surface area contributed by atoms with E-state index in [9.17, 15) is 23.1 Å². The van der Waals surface area contributed by atoms with Gasteiger partial charge in [-0.25, -0.2) is 9.78 Å². The number of hydrogen-bond acceptors (Lipinski definition) is 4. The number of carbonyl (C=O) groups is 1. The molecule has 0 saturated heterocycles. The summed E-state index contributed by atoms with van der Waals surface area (Å²) in [5.74, 6) is 0.769. The zero-order valence-corrected chi connectivity index (χ0v) is 16.9. The summed E-state index contributed by atoms with van der Waals surface area (Å²) in [6.45, 7) is 0.